The summed E-state index contributed by atoms with van der Waals surface area (Å²) in [6.07, 6.45) is 1.36. The van der Waals surface area contributed by atoms with Crippen LogP contribution in [0.4, 0.5) is 20.3 Å². The second-order valence-corrected chi connectivity index (χ2v) is 4.12. The average Bonchev–Trinajstić information content (AvgIpc) is 2.33. The second-order valence-electron chi connectivity index (χ2n) is 3.68. The van der Waals surface area contributed by atoms with E-state index < -0.39 is 5.82 Å². The molecular formula is C13H11ClF2N2. The molecule has 2 rings (SSSR count). The minimum absolute atomic E-state index is 0.132. The van der Waals surface area contributed by atoms with E-state index in [0.717, 1.165) is 0 Å². The van der Waals surface area contributed by atoms with E-state index in [4.69, 9.17) is 11.6 Å². The number of benzene rings is 1. The monoisotopic (exact) mass is 268 g/mol. The van der Waals surface area contributed by atoms with Gasteiger partial charge in [-0.05, 0) is 31.2 Å². The summed E-state index contributed by atoms with van der Waals surface area (Å²) in [5, 5.41) is 0.228. The fraction of sp³-hybridized carbons (Fsp3) is 0.154. The molecule has 0 amide bonds. The highest BCUT2D eigenvalue weighted by Gasteiger charge is 2.14. The van der Waals surface area contributed by atoms with E-state index >= 15 is 0 Å². The number of rotatable bonds is 3. The SMILES string of the molecule is CCN(c1cccc(F)c1)c1ncc(Cl)cc1F. The molecule has 0 atom stereocenters. The number of anilines is 2. The van der Waals surface area contributed by atoms with E-state index in [0.29, 0.717) is 12.2 Å². The number of pyridine rings is 1. The summed E-state index contributed by atoms with van der Waals surface area (Å²) in [6, 6.07) is 7.12. The molecule has 0 spiro atoms. The van der Waals surface area contributed by atoms with Gasteiger partial charge in [0.1, 0.15) is 5.82 Å². The number of aromatic nitrogens is 1. The maximum absolute atomic E-state index is 13.8. The predicted octanol–water partition coefficient (Wildman–Crippen LogP) is 4.17. The summed E-state index contributed by atoms with van der Waals surface area (Å²) in [7, 11) is 0. The van der Waals surface area contributed by atoms with Crippen LogP contribution in [0, 0.1) is 11.6 Å². The maximum atomic E-state index is 13.8. The van der Waals surface area contributed by atoms with Gasteiger partial charge in [0.25, 0.3) is 0 Å². The van der Waals surface area contributed by atoms with Gasteiger partial charge in [0.05, 0.1) is 5.02 Å². The smallest absolute Gasteiger partial charge is 0.169 e. The predicted molar refractivity (Wildman–Crippen MR) is 68.3 cm³/mol. The van der Waals surface area contributed by atoms with Crippen LogP contribution in [0.5, 0.6) is 0 Å². The molecule has 94 valence electrons. The molecule has 5 heteroatoms. The Kier molecular flexibility index (Phi) is 3.77. The summed E-state index contributed by atoms with van der Waals surface area (Å²) >= 11 is 5.66. The summed E-state index contributed by atoms with van der Waals surface area (Å²) in [5.41, 5.74) is 0.547. The van der Waals surface area contributed by atoms with Gasteiger partial charge < -0.3 is 4.90 Å². The first-order valence-corrected chi connectivity index (χ1v) is 5.83. The number of hydrogen-bond acceptors (Lipinski definition) is 2. The van der Waals surface area contributed by atoms with Crippen molar-refractivity contribution in [3.63, 3.8) is 0 Å². The molecule has 18 heavy (non-hydrogen) atoms. The molecule has 0 N–H and O–H groups in total. The van der Waals surface area contributed by atoms with Gasteiger partial charge >= 0.3 is 0 Å². The van der Waals surface area contributed by atoms with Crippen molar-refractivity contribution >= 4 is 23.1 Å². The van der Waals surface area contributed by atoms with Gasteiger partial charge in [0.15, 0.2) is 11.6 Å². The average molecular weight is 269 g/mol. The van der Waals surface area contributed by atoms with Crippen LogP contribution in [0.1, 0.15) is 6.92 Å². The van der Waals surface area contributed by atoms with E-state index in [9.17, 15) is 8.78 Å². The summed E-state index contributed by atoms with van der Waals surface area (Å²) < 4.78 is 27.0. The zero-order valence-corrected chi connectivity index (χ0v) is 10.5. The van der Waals surface area contributed by atoms with Gasteiger partial charge in [0.2, 0.25) is 0 Å². The molecule has 0 aliphatic heterocycles. The van der Waals surface area contributed by atoms with Crippen molar-refractivity contribution in [2.45, 2.75) is 6.92 Å². The Morgan fingerprint density at radius 3 is 2.67 bits per heavy atom. The number of hydrogen-bond donors (Lipinski definition) is 0. The van der Waals surface area contributed by atoms with Crippen molar-refractivity contribution in [2.24, 2.45) is 0 Å². The highest BCUT2D eigenvalue weighted by atomic mass is 35.5. The molecule has 1 aromatic heterocycles. The molecule has 1 aromatic carbocycles. The quantitative estimate of drug-likeness (QED) is 0.830. The van der Waals surface area contributed by atoms with Crippen LogP contribution < -0.4 is 4.90 Å². The largest absolute Gasteiger partial charge is 0.324 e. The first kappa shape index (κ1) is 12.8. The molecule has 0 saturated carbocycles. The van der Waals surface area contributed by atoms with E-state index in [2.05, 4.69) is 4.98 Å². The Balaban J connectivity index is 2.45. The van der Waals surface area contributed by atoms with Crippen molar-refractivity contribution in [2.75, 3.05) is 11.4 Å². The number of halogens is 3. The standard InChI is InChI=1S/C13H11ClF2N2/c1-2-18(11-5-3-4-10(15)7-11)13-12(16)6-9(14)8-17-13/h3-8H,2H2,1H3. The molecule has 1 heterocycles. The highest BCUT2D eigenvalue weighted by molar-refractivity contribution is 6.30. The van der Waals surface area contributed by atoms with E-state index in [1.54, 1.807) is 17.0 Å². The lowest BCUT2D eigenvalue weighted by Gasteiger charge is -2.22. The van der Waals surface area contributed by atoms with Crippen LogP contribution in [-0.4, -0.2) is 11.5 Å². The zero-order chi connectivity index (χ0) is 13.1. The molecular weight excluding hydrogens is 258 g/mol. The van der Waals surface area contributed by atoms with Crippen LogP contribution in [0.25, 0.3) is 0 Å². The molecule has 2 aromatic rings. The topological polar surface area (TPSA) is 16.1 Å². The molecule has 0 aliphatic carbocycles. The second kappa shape index (κ2) is 5.31. The molecule has 0 radical (unpaired) electrons. The Hall–Kier alpha value is -1.68. The number of nitrogens with zero attached hydrogens (tertiary/aromatic N) is 2. The minimum atomic E-state index is -0.534. The summed E-state index contributed by atoms with van der Waals surface area (Å²) in [5.74, 6) is -0.776. The first-order chi connectivity index (χ1) is 8.61. The van der Waals surface area contributed by atoms with Gasteiger partial charge in [0, 0.05) is 18.4 Å². The molecule has 0 unspecified atom stereocenters. The summed E-state index contributed by atoms with van der Waals surface area (Å²) in [6.45, 7) is 2.30. The summed E-state index contributed by atoms with van der Waals surface area (Å²) in [4.78, 5) is 5.53. The lowest BCUT2D eigenvalue weighted by Crippen LogP contribution is -2.18. The van der Waals surface area contributed by atoms with Gasteiger partial charge in [-0.2, -0.15) is 0 Å². The van der Waals surface area contributed by atoms with Gasteiger partial charge in [-0.15, -0.1) is 0 Å². The fourth-order valence-corrected chi connectivity index (χ4v) is 1.85. The van der Waals surface area contributed by atoms with Crippen molar-refractivity contribution < 1.29 is 8.78 Å². The van der Waals surface area contributed by atoms with Crippen molar-refractivity contribution in [3.8, 4) is 0 Å². The van der Waals surface area contributed by atoms with Crippen molar-refractivity contribution in [1.82, 2.24) is 4.98 Å². The van der Waals surface area contributed by atoms with Crippen LogP contribution >= 0.6 is 11.6 Å². The first-order valence-electron chi connectivity index (χ1n) is 5.46. The Labute approximate surface area is 109 Å². The Morgan fingerprint density at radius 2 is 2.06 bits per heavy atom. The lowest BCUT2D eigenvalue weighted by atomic mass is 10.2. The maximum Gasteiger partial charge on any atom is 0.169 e. The third-order valence-electron chi connectivity index (χ3n) is 2.48. The van der Waals surface area contributed by atoms with E-state index in [1.165, 1.54) is 24.4 Å². The van der Waals surface area contributed by atoms with Gasteiger partial charge in [-0.25, -0.2) is 13.8 Å². The van der Waals surface area contributed by atoms with Crippen molar-refractivity contribution in [1.29, 1.82) is 0 Å². The molecule has 0 saturated heterocycles. The van der Waals surface area contributed by atoms with Crippen LogP contribution in [-0.2, 0) is 0 Å². The molecule has 2 nitrogen and oxygen atoms in total. The van der Waals surface area contributed by atoms with Crippen molar-refractivity contribution in [3.05, 3.63) is 53.2 Å². The van der Waals surface area contributed by atoms with Crippen LogP contribution in [0.2, 0.25) is 5.02 Å². The highest BCUT2D eigenvalue weighted by Crippen LogP contribution is 2.27. The lowest BCUT2D eigenvalue weighted by molar-refractivity contribution is 0.616. The molecule has 0 bridgehead atoms. The Bertz CT molecular complexity index is 560. The Morgan fingerprint density at radius 1 is 1.28 bits per heavy atom. The van der Waals surface area contributed by atoms with E-state index in [-0.39, 0.29) is 16.7 Å². The minimum Gasteiger partial charge on any atom is -0.324 e. The third kappa shape index (κ3) is 2.59. The molecule has 0 aliphatic rings. The van der Waals surface area contributed by atoms with Crippen LogP contribution in [0.15, 0.2) is 36.5 Å². The normalized spacial score (nSPS) is 10.4. The third-order valence-corrected chi connectivity index (χ3v) is 2.69. The zero-order valence-electron chi connectivity index (χ0n) is 9.70. The van der Waals surface area contributed by atoms with Gasteiger partial charge in [-0.3, -0.25) is 0 Å². The molecule has 0 fully saturated rings. The van der Waals surface area contributed by atoms with E-state index in [1.807, 2.05) is 6.92 Å². The van der Waals surface area contributed by atoms with Gasteiger partial charge in [-0.1, -0.05) is 17.7 Å². The fourth-order valence-electron chi connectivity index (χ4n) is 1.70. The van der Waals surface area contributed by atoms with Crippen LogP contribution in [0.3, 0.4) is 0 Å².